The van der Waals surface area contributed by atoms with Crippen LogP contribution in [0, 0.1) is 17.3 Å². The Morgan fingerprint density at radius 2 is 1.63 bits per heavy atom. The minimum Gasteiger partial charge on any atom is -0.481 e. The van der Waals surface area contributed by atoms with Crippen LogP contribution in [0.25, 0.3) is 0 Å². The van der Waals surface area contributed by atoms with Crippen molar-refractivity contribution >= 4 is 11.9 Å². The van der Waals surface area contributed by atoms with Gasteiger partial charge in [-0.25, -0.2) is 0 Å². The van der Waals surface area contributed by atoms with Crippen molar-refractivity contribution in [2.24, 2.45) is 17.3 Å². The van der Waals surface area contributed by atoms with Gasteiger partial charge < -0.3 is 10.4 Å². The lowest BCUT2D eigenvalue weighted by atomic mass is 10.1. The van der Waals surface area contributed by atoms with E-state index in [1.807, 2.05) is 13.8 Å². The Morgan fingerprint density at radius 3 is 2.16 bits per heavy atom. The Bertz CT molecular complexity index is 325. The zero-order valence-electron chi connectivity index (χ0n) is 12.4. The van der Waals surface area contributed by atoms with E-state index in [4.69, 9.17) is 5.11 Å². The number of carboxylic acids is 1. The molecule has 1 amide bonds. The second-order valence-corrected chi connectivity index (χ2v) is 6.17. The van der Waals surface area contributed by atoms with E-state index in [0.717, 1.165) is 12.8 Å². The van der Waals surface area contributed by atoms with Gasteiger partial charge in [-0.15, -0.1) is 0 Å². The van der Waals surface area contributed by atoms with Crippen molar-refractivity contribution in [1.82, 2.24) is 5.32 Å². The molecule has 1 aliphatic rings. The predicted molar refractivity (Wildman–Crippen MR) is 74.8 cm³/mol. The van der Waals surface area contributed by atoms with E-state index in [0.29, 0.717) is 6.54 Å². The minimum atomic E-state index is -0.857. The summed E-state index contributed by atoms with van der Waals surface area (Å²) in [5.41, 5.74) is -0.392. The van der Waals surface area contributed by atoms with Crippen LogP contribution in [0.5, 0.6) is 0 Å². The molecular weight excluding hydrogens is 242 g/mol. The van der Waals surface area contributed by atoms with Gasteiger partial charge in [0.1, 0.15) is 0 Å². The molecule has 0 saturated heterocycles. The maximum absolute atomic E-state index is 11.9. The number of amides is 1. The molecule has 2 atom stereocenters. The molecular formula is C15H27NO3. The van der Waals surface area contributed by atoms with Gasteiger partial charge >= 0.3 is 5.97 Å². The first-order valence-corrected chi connectivity index (χ1v) is 7.43. The molecule has 2 N–H and O–H groups in total. The van der Waals surface area contributed by atoms with Crippen molar-refractivity contribution in [2.75, 3.05) is 6.54 Å². The third kappa shape index (κ3) is 4.22. The highest BCUT2D eigenvalue weighted by Crippen LogP contribution is 2.58. The normalized spacial score (nSPS) is 23.9. The Balaban J connectivity index is 2.14. The van der Waals surface area contributed by atoms with Crippen LogP contribution in [0.2, 0.25) is 0 Å². The van der Waals surface area contributed by atoms with Gasteiger partial charge in [0.05, 0.1) is 11.8 Å². The minimum absolute atomic E-state index is 0.0917. The summed E-state index contributed by atoms with van der Waals surface area (Å²) >= 11 is 0. The molecule has 0 aromatic rings. The number of carbonyl (C=O) groups excluding carboxylic acids is 1. The molecule has 1 rings (SSSR count). The van der Waals surface area contributed by atoms with Crippen LogP contribution >= 0.6 is 0 Å². The fourth-order valence-electron chi connectivity index (χ4n) is 2.81. The van der Waals surface area contributed by atoms with Gasteiger partial charge in [0.25, 0.3) is 0 Å². The second-order valence-electron chi connectivity index (χ2n) is 6.17. The zero-order valence-corrected chi connectivity index (χ0v) is 12.4. The van der Waals surface area contributed by atoms with Crippen LogP contribution in [0.4, 0.5) is 0 Å². The molecule has 19 heavy (non-hydrogen) atoms. The van der Waals surface area contributed by atoms with Crippen molar-refractivity contribution in [3.05, 3.63) is 0 Å². The van der Waals surface area contributed by atoms with E-state index in [1.165, 1.54) is 25.7 Å². The standard InChI is InChI=1S/C15H27NO3/c1-4-5-6-7-8-9-10-16-13(17)11-12(14(18)19)15(11,2)3/h11-12H,4-10H2,1-3H3,(H,16,17)(H,18,19)/t11-,12+/m1/s1. The lowest BCUT2D eigenvalue weighted by molar-refractivity contribution is -0.140. The van der Waals surface area contributed by atoms with E-state index >= 15 is 0 Å². The van der Waals surface area contributed by atoms with Gasteiger partial charge in [-0.1, -0.05) is 52.9 Å². The van der Waals surface area contributed by atoms with Gasteiger partial charge in [0, 0.05) is 6.54 Å². The number of aliphatic carboxylic acids is 1. The summed E-state index contributed by atoms with van der Waals surface area (Å²) in [5, 5.41) is 11.9. The van der Waals surface area contributed by atoms with Crippen LogP contribution in [0.15, 0.2) is 0 Å². The first-order valence-electron chi connectivity index (χ1n) is 7.43. The fraction of sp³-hybridized carbons (Fsp3) is 0.867. The number of carboxylic acid groups (broad SMARTS) is 1. The van der Waals surface area contributed by atoms with Crippen LogP contribution in [0.1, 0.15) is 59.3 Å². The molecule has 1 aliphatic carbocycles. The highest BCUT2D eigenvalue weighted by molar-refractivity contribution is 5.91. The Morgan fingerprint density at radius 1 is 1.05 bits per heavy atom. The van der Waals surface area contributed by atoms with E-state index in [2.05, 4.69) is 12.2 Å². The van der Waals surface area contributed by atoms with E-state index in [9.17, 15) is 9.59 Å². The highest BCUT2D eigenvalue weighted by atomic mass is 16.4. The van der Waals surface area contributed by atoms with Gasteiger partial charge in [0.15, 0.2) is 0 Å². The molecule has 0 aromatic carbocycles. The Labute approximate surface area is 116 Å². The monoisotopic (exact) mass is 269 g/mol. The molecule has 0 spiro atoms. The molecule has 0 bridgehead atoms. The van der Waals surface area contributed by atoms with E-state index in [1.54, 1.807) is 0 Å². The van der Waals surface area contributed by atoms with E-state index in [-0.39, 0.29) is 11.8 Å². The fourth-order valence-corrected chi connectivity index (χ4v) is 2.81. The molecule has 0 radical (unpaired) electrons. The summed E-state index contributed by atoms with van der Waals surface area (Å²) in [6.45, 7) is 6.56. The zero-order chi connectivity index (χ0) is 14.5. The number of nitrogens with one attached hydrogen (secondary N) is 1. The van der Waals surface area contributed by atoms with Gasteiger partial charge in [0.2, 0.25) is 5.91 Å². The lowest BCUT2D eigenvalue weighted by Gasteiger charge is -2.06. The Hall–Kier alpha value is -1.06. The quantitative estimate of drug-likeness (QED) is 0.632. The third-order valence-corrected chi connectivity index (χ3v) is 4.21. The largest absolute Gasteiger partial charge is 0.481 e. The molecule has 1 saturated carbocycles. The van der Waals surface area contributed by atoms with Crippen molar-refractivity contribution in [3.8, 4) is 0 Å². The number of rotatable bonds is 9. The van der Waals surface area contributed by atoms with Gasteiger partial charge in [-0.05, 0) is 11.8 Å². The third-order valence-electron chi connectivity index (χ3n) is 4.21. The van der Waals surface area contributed by atoms with Crippen LogP contribution in [0.3, 0.4) is 0 Å². The first kappa shape index (κ1) is 16.0. The van der Waals surface area contributed by atoms with Crippen molar-refractivity contribution in [3.63, 3.8) is 0 Å². The van der Waals surface area contributed by atoms with Crippen LogP contribution < -0.4 is 5.32 Å². The summed E-state index contributed by atoms with van der Waals surface area (Å²) in [6.07, 6.45) is 7.13. The van der Waals surface area contributed by atoms with E-state index < -0.39 is 17.3 Å². The number of carbonyl (C=O) groups is 2. The topological polar surface area (TPSA) is 66.4 Å². The average molecular weight is 269 g/mol. The molecule has 110 valence electrons. The maximum Gasteiger partial charge on any atom is 0.307 e. The molecule has 4 nitrogen and oxygen atoms in total. The van der Waals surface area contributed by atoms with Crippen LogP contribution in [-0.4, -0.2) is 23.5 Å². The average Bonchev–Trinajstić information content (AvgIpc) is 2.91. The number of hydrogen-bond acceptors (Lipinski definition) is 2. The summed E-state index contributed by atoms with van der Waals surface area (Å²) in [7, 11) is 0. The summed E-state index contributed by atoms with van der Waals surface area (Å²) in [4.78, 5) is 22.9. The molecule has 0 aliphatic heterocycles. The van der Waals surface area contributed by atoms with Gasteiger partial charge in [-0.2, -0.15) is 0 Å². The second kappa shape index (κ2) is 6.92. The molecule has 0 unspecified atom stereocenters. The predicted octanol–water partition coefficient (Wildman–Crippen LogP) is 2.82. The summed E-state index contributed by atoms with van der Waals surface area (Å²) < 4.78 is 0. The number of unbranched alkanes of at least 4 members (excludes halogenated alkanes) is 5. The first-order chi connectivity index (χ1) is 8.92. The highest BCUT2D eigenvalue weighted by Gasteiger charge is 2.65. The molecule has 0 heterocycles. The maximum atomic E-state index is 11.9. The molecule has 1 fully saturated rings. The SMILES string of the molecule is CCCCCCCCNC(=O)[C@H]1[C@@H](C(=O)O)C1(C)C. The lowest BCUT2D eigenvalue weighted by Crippen LogP contribution is -2.28. The van der Waals surface area contributed by atoms with Crippen molar-refractivity contribution in [1.29, 1.82) is 0 Å². The molecule has 4 heteroatoms. The Kier molecular flexibility index (Phi) is 5.83. The van der Waals surface area contributed by atoms with Crippen molar-refractivity contribution in [2.45, 2.75) is 59.3 Å². The molecule has 0 aromatic heterocycles. The van der Waals surface area contributed by atoms with Gasteiger partial charge in [-0.3, -0.25) is 9.59 Å². The summed E-state index contributed by atoms with van der Waals surface area (Å²) in [6, 6.07) is 0. The smallest absolute Gasteiger partial charge is 0.307 e. The summed E-state index contributed by atoms with van der Waals surface area (Å²) in [5.74, 6) is -1.82. The number of hydrogen-bond donors (Lipinski definition) is 2. The van der Waals surface area contributed by atoms with Crippen molar-refractivity contribution < 1.29 is 14.7 Å². The van der Waals surface area contributed by atoms with Crippen LogP contribution in [-0.2, 0) is 9.59 Å².